The molecule has 0 radical (unpaired) electrons. The van der Waals surface area contributed by atoms with Gasteiger partial charge in [0.25, 0.3) is 0 Å². The molecule has 512 valence electrons. The van der Waals surface area contributed by atoms with Crippen molar-refractivity contribution < 1.29 is 0 Å². The summed E-state index contributed by atoms with van der Waals surface area (Å²) in [6, 6.07) is 125. The van der Waals surface area contributed by atoms with Gasteiger partial charge in [-0.2, -0.15) is 5.26 Å². The topological polar surface area (TPSA) is 79.0 Å². The number of rotatable bonds is 10. The summed E-state index contributed by atoms with van der Waals surface area (Å²) in [5, 5.41) is 14.1. The van der Waals surface area contributed by atoms with Crippen molar-refractivity contribution in [3.63, 3.8) is 0 Å². The Bertz CT molecular complexity index is 6590. The number of nitrogens with zero attached hydrogens (tertiary/aromatic N) is 10. The number of para-hydroxylation sites is 7. The van der Waals surface area contributed by atoms with Gasteiger partial charge in [-0.15, -0.1) is 0 Å². The fraction of sp³-hybridized carbons (Fsp3) is 0.0200. The van der Waals surface area contributed by atoms with Crippen molar-refractivity contribution in [3.05, 3.63) is 461 Å². The van der Waals surface area contributed by atoms with Crippen LogP contribution >= 0.6 is 0 Å². The molecule has 14 aromatic carbocycles. The van der Waals surface area contributed by atoms with Gasteiger partial charge in [-0.1, -0.05) is 255 Å². The van der Waals surface area contributed by atoms with Crippen LogP contribution in [0, 0.1) is 31.0 Å². The molecule has 6 heterocycles. The van der Waals surface area contributed by atoms with Crippen LogP contribution < -0.4 is 9.80 Å². The van der Waals surface area contributed by atoms with Crippen LogP contribution in [0.3, 0.4) is 0 Å². The number of aromatic nitrogens is 4. The molecule has 0 unspecified atom stereocenters. The standard InChI is InChI=1S/2C50H31N5/c1-51-44-24-15-21-39(49(44)52-2)34-30-37(54-45-25-12-9-20-40(45)41-33-53-29-28-46(41)54)32-38(31-34)55-47-26-13-10-22-42(47)50(35-16-5-3-6-17-35,36-18-7-4-8-19-36)43-23-11-14-27-48(43)55;1-52-45-28-34(32-51)24-25-40(45)35-29-38(54-46-21-11-8-18-41(46)42-33-53-27-26-47(42)54)31-39(30-35)55-48-22-12-9-19-43(48)50(36-14-4-2-5-15-36,37-16-6-3-7-17-37)44-20-10-13-23-49(44)55/h3-33H;2-31,33H. The Kier molecular flexibility index (Phi) is 16.0. The van der Waals surface area contributed by atoms with Crippen molar-refractivity contribution in [2.75, 3.05) is 9.80 Å². The van der Waals surface area contributed by atoms with E-state index < -0.39 is 10.8 Å². The molecule has 0 fully saturated rings. The molecule has 2 aliphatic heterocycles. The molecular weight excluding hydrogens is 1340 g/mol. The van der Waals surface area contributed by atoms with E-state index in [1.807, 2.05) is 43.0 Å². The maximum Gasteiger partial charge on any atom is 0.202 e. The van der Waals surface area contributed by atoms with Gasteiger partial charge in [-0.25, -0.2) is 9.69 Å². The molecule has 0 bridgehead atoms. The van der Waals surface area contributed by atoms with Crippen molar-refractivity contribution in [1.29, 1.82) is 5.26 Å². The minimum atomic E-state index is -0.603. The highest BCUT2D eigenvalue weighted by Crippen LogP contribution is 2.61. The summed E-state index contributed by atoms with van der Waals surface area (Å²) in [5.41, 5.74) is 25.2. The van der Waals surface area contributed by atoms with Crippen molar-refractivity contribution in [3.8, 4) is 39.7 Å². The zero-order valence-electron chi connectivity index (χ0n) is 59.3. The van der Waals surface area contributed by atoms with Crippen LogP contribution in [0.15, 0.2) is 377 Å². The number of benzene rings is 14. The Labute approximate surface area is 636 Å². The van der Waals surface area contributed by atoms with Gasteiger partial charge in [-0.05, 0) is 164 Å². The summed E-state index contributed by atoms with van der Waals surface area (Å²) < 4.78 is 4.58. The van der Waals surface area contributed by atoms with E-state index in [1.54, 1.807) is 18.2 Å². The highest BCUT2D eigenvalue weighted by atomic mass is 15.2. The summed E-state index contributed by atoms with van der Waals surface area (Å²) in [7, 11) is 0. The molecular formula is C100H62N10. The molecule has 0 spiro atoms. The lowest BCUT2D eigenvalue weighted by Gasteiger charge is -2.46. The SMILES string of the molecule is [C-]#[N+]c1cc(C#N)ccc1-c1cc(N2c3ccccc3C(c3ccccc3)(c3ccccc3)c3ccccc32)cc(-n2c3ccccc3c3cnccc32)c1.[C-]#[N+]c1cccc(-c2cc(N3c4ccccc4C(c4ccccc4)(c4ccccc4)c4ccccc43)cc(-n3c4ccccc4c4cnccc43)c2)c1[N+]#[C-]. The van der Waals surface area contributed by atoms with Crippen LogP contribution in [-0.2, 0) is 10.8 Å². The highest BCUT2D eigenvalue weighted by Gasteiger charge is 2.48. The van der Waals surface area contributed by atoms with Gasteiger partial charge in [0, 0.05) is 74.6 Å². The largest absolute Gasteiger partial charge is 0.310 e. The van der Waals surface area contributed by atoms with Gasteiger partial charge in [0.1, 0.15) is 0 Å². The first-order valence-electron chi connectivity index (χ1n) is 36.4. The fourth-order valence-electron chi connectivity index (χ4n) is 17.5. The van der Waals surface area contributed by atoms with Crippen molar-refractivity contribution in [2.45, 2.75) is 10.8 Å². The van der Waals surface area contributed by atoms with Crippen molar-refractivity contribution in [2.24, 2.45) is 0 Å². The number of anilines is 6. The van der Waals surface area contributed by atoms with Crippen molar-refractivity contribution in [1.82, 2.24) is 19.1 Å². The summed E-state index contributed by atoms with van der Waals surface area (Å²) in [6.07, 6.45) is 7.53. The molecule has 0 aliphatic carbocycles. The van der Waals surface area contributed by atoms with E-state index in [2.05, 4.69) is 365 Å². The first-order chi connectivity index (χ1) is 54.4. The molecule has 110 heavy (non-hydrogen) atoms. The van der Waals surface area contributed by atoms with Gasteiger partial charge < -0.3 is 18.9 Å². The monoisotopic (exact) mass is 1400 g/mol. The summed E-state index contributed by atoms with van der Waals surface area (Å²) in [5.74, 6) is 0. The maximum absolute atomic E-state index is 9.73. The molecule has 20 rings (SSSR count). The Balaban J connectivity index is 0.000000149. The molecule has 10 heteroatoms. The average molecular weight is 1400 g/mol. The second kappa shape index (κ2) is 26.9. The zero-order chi connectivity index (χ0) is 73.9. The third-order valence-electron chi connectivity index (χ3n) is 21.9. The minimum absolute atomic E-state index is 0.339. The van der Waals surface area contributed by atoms with E-state index in [0.29, 0.717) is 22.6 Å². The van der Waals surface area contributed by atoms with Gasteiger partial charge >= 0.3 is 0 Å². The summed E-state index contributed by atoms with van der Waals surface area (Å²) >= 11 is 0. The van der Waals surface area contributed by atoms with Crippen LogP contribution in [0.25, 0.3) is 91.8 Å². The van der Waals surface area contributed by atoms with Gasteiger partial charge in [0.05, 0.1) is 81.4 Å². The lowest BCUT2D eigenvalue weighted by molar-refractivity contribution is 0.731. The quantitative estimate of drug-likeness (QED) is 0.128. The van der Waals surface area contributed by atoms with E-state index in [4.69, 9.17) is 19.7 Å². The predicted octanol–water partition coefficient (Wildman–Crippen LogP) is 25.5. The molecule has 18 aromatic rings. The molecule has 2 aliphatic rings. The van der Waals surface area contributed by atoms with E-state index >= 15 is 0 Å². The first kappa shape index (κ1) is 65.3. The molecule has 4 aromatic heterocycles. The minimum Gasteiger partial charge on any atom is -0.310 e. The van der Waals surface area contributed by atoms with Gasteiger partial charge in [0.15, 0.2) is 11.4 Å². The number of hydrogen-bond donors (Lipinski definition) is 0. The van der Waals surface area contributed by atoms with Crippen LogP contribution in [0.2, 0.25) is 0 Å². The van der Waals surface area contributed by atoms with E-state index in [-0.39, 0.29) is 0 Å². The number of nitriles is 1. The van der Waals surface area contributed by atoms with Gasteiger partial charge in [-0.3, -0.25) is 14.8 Å². The van der Waals surface area contributed by atoms with E-state index in [1.165, 1.54) is 33.4 Å². The van der Waals surface area contributed by atoms with E-state index in [0.717, 1.165) is 122 Å². The molecule has 0 saturated carbocycles. The third-order valence-corrected chi connectivity index (χ3v) is 21.9. The Hall–Kier alpha value is -15.5. The first-order valence-corrected chi connectivity index (χ1v) is 36.4. The van der Waals surface area contributed by atoms with Crippen molar-refractivity contribution >= 4 is 94.8 Å². The molecule has 0 atom stereocenters. The number of pyridine rings is 2. The molecule has 10 nitrogen and oxygen atoms in total. The Morgan fingerprint density at radius 3 is 1.06 bits per heavy atom. The Morgan fingerprint density at radius 1 is 0.300 bits per heavy atom. The number of fused-ring (bicyclic) bond motifs is 10. The average Bonchev–Trinajstić information content (AvgIpc) is 0.959. The normalized spacial score (nSPS) is 12.8. The maximum atomic E-state index is 9.73. The van der Waals surface area contributed by atoms with E-state index in [9.17, 15) is 5.26 Å². The highest BCUT2D eigenvalue weighted by molar-refractivity contribution is 6.11. The summed E-state index contributed by atoms with van der Waals surface area (Å²) in [4.78, 5) is 25.3. The second-order valence-electron chi connectivity index (χ2n) is 27.5. The predicted molar refractivity (Wildman–Crippen MR) is 445 cm³/mol. The van der Waals surface area contributed by atoms with Crippen LogP contribution in [0.1, 0.15) is 50.1 Å². The number of hydrogen-bond acceptors (Lipinski definition) is 5. The lowest BCUT2D eigenvalue weighted by atomic mass is 9.62. The van der Waals surface area contributed by atoms with Crippen LogP contribution in [0.5, 0.6) is 0 Å². The third kappa shape index (κ3) is 10.2. The van der Waals surface area contributed by atoms with Crippen LogP contribution in [-0.4, -0.2) is 19.1 Å². The zero-order valence-corrected chi connectivity index (χ0v) is 59.3. The molecule has 0 amide bonds. The molecule has 0 N–H and O–H groups in total. The van der Waals surface area contributed by atoms with Gasteiger partial charge in [0.2, 0.25) is 5.69 Å². The van der Waals surface area contributed by atoms with Crippen LogP contribution in [0.4, 0.5) is 51.2 Å². The molecule has 0 saturated heterocycles. The smallest absolute Gasteiger partial charge is 0.202 e. The fourth-order valence-corrected chi connectivity index (χ4v) is 17.5. The summed E-state index contributed by atoms with van der Waals surface area (Å²) in [6.45, 7) is 24.2. The lowest BCUT2D eigenvalue weighted by Crippen LogP contribution is -2.37. The Morgan fingerprint density at radius 2 is 0.664 bits per heavy atom. The second-order valence-corrected chi connectivity index (χ2v) is 27.5.